The van der Waals surface area contributed by atoms with Crippen LogP contribution >= 0.6 is 0 Å². The van der Waals surface area contributed by atoms with Gasteiger partial charge in [0.1, 0.15) is 0 Å². The van der Waals surface area contributed by atoms with Gasteiger partial charge in [0, 0.05) is 24.7 Å². The Hall–Kier alpha value is -1.40. The zero-order valence-corrected chi connectivity index (χ0v) is 13.3. The molecule has 1 aliphatic heterocycles. The lowest BCUT2D eigenvalue weighted by atomic mass is 10.1. The minimum absolute atomic E-state index is 0.0988. The molecule has 5 nitrogen and oxygen atoms in total. The number of amides is 1. The molecule has 6 heteroatoms. The number of nitrogens with zero attached hydrogens (tertiary/aromatic N) is 1. The Kier molecular flexibility index (Phi) is 5.00. The maximum Gasteiger partial charge on any atom is 0.240 e. The Bertz CT molecular complexity index is 596. The summed E-state index contributed by atoms with van der Waals surface area (Å²) < 4.78 is 26.9. The molecule has 1 heterocycles. The van der Waals surface area contributed by atoms with Crippen LogP contribution in [0.5, 0.6) is 0 Å². The zero-order valence-electron chi connectivity index (χ0n) is 12.5. The molecule has 0 bridgehead atoms. The van der Waals surface area contributed by atoms with Gasteiger partial charge in [-0.2, -0.15) is 0 Å². The van der Waals surface area contributed by atoms with Crippen LogP contribution in [0.15, 0.2) is 29.2 Å². The van der Waals surface area contributed by atoms with Crippen molar-refractivity contribution in [1.82, 2.24) is 4.72 Å². The van der Waals surface area contributed by atoms with E-state index < -0.39 is 10.0 Å². The van der Waals surface area contributed by atoms with Gasteiger partial charge in [-0.1, -0.05) is 6.92 Å². The Morgan fingerprint density at radius 3 is 2.48 bits per heavy atom. The summed E-state index contributed by atoms with van der Waals surface area (Å²) in [5.41, 5.74) is 0.766. The van der Waals surface area contributed by atoms with Crippen LogP contribution in [-0.4, -0.2) is 26.9 Å². The highest BCUT2D eigenvalue weighted by molar-refractivity contribution is 7.89. The van der Waals surface area contributed by atoms with E-state index in [-0.39, 0.29) is 16.8 Å². The molecule has 0 spiro atoms. The molecular weight excluding hydrogens is 288 g/mol. The highest BCUT2D eigenvalue weighted by Gasteiger charge is 2.21. The molecule has 1 unspecified atom stereocenters. The molecule has 0 aliphatic carbocycles. The van der Waals surface area contributed by atoms with Crippen LogP contribution in [0.2, 0.25) is 0 Å². The van der Waals surface area contributed by atoms with E-state index in [1.54, 1.807) is 29.2 Å². The van der Waals surface area contributed by atoms with Crippen molar-refractivity contribution >= 4 is 21.6 Å². The van der Waals surface area contributed by atoms with Gasteiger partial charge in [-0.25, -0.2) is 13.1 Å². The van der Waals surface area contributed by atoms with E-state index in [0.29, 0.717) is 13.0 Å². The van der Waals surface area contributed by atoms with E-state index in [9.17, 15) is 13.2 Å². The number of sulfonamides is 1. The van der Waals surface area contributed by atoms with Gasteiger partial charge in [-0.05, 0) is 50.5 Å². The molecule has 1 aromatic carbocycles. The summed E-state index contributed by atoms with van der Waals surface area (Å²) in [4.78, 5) is 13.8. The molecule has 0 aromatic heterocycles. The average molecular weight is 310 g/mol. The number of benzene rings is 1. The lowest BCUT2D eigenvalue weighted by Crippen LogP contribution is -2.35. The molecule has 1 aromatic rings. The number of anilines is 1. The minimum Gasteiger partial charge on any atom is -0.312 e. The van der Waals surface area contributed by atoms with Crippen LogP contribution in [0, 0.1) is 0 Å². The first-order valence-corrected chi connectivity index (χ1v) is 8.85. The molecule has 21 heavy (non-hydrogen) atoms. The Morgan fingerprint density at radius 2 is 1.90 bits per heavy atom. The van der Waals surface area contributed by atoms with Gasteiger partial charge in [0.15, 0.2) is 0 Å². The van der Waals surface area contributed by atoms with E-state index in [2.05, 4.69) is 4.72 Å². The Labute approximate surface area is 126 Å². The number of hydrogen-bond donors (Lipinski definition) is 1. The van der Waals surface area contributed by atoms with Crippen molar-refractivity contribution < 1.29 is 13.2 Å². The number of piperidine rings is 1. The Balaban J connectivity index is 2.17. The topological polar surface area (TPSA) is 66.5 Å². The van der Waals surface area contributed by atoms with Crippen LogP contribution in [0.1, 0.15) is 39.5 Å². The van der Waals surface area contributed by atoms with Crippen molar-refractivity contribution in [2.24, 2.45) is 0 Å². The fourth-order valence-electron chi connectivity index (χ4n) is 2.30. The molecule has 116 valence electrons. The number of rotatable bonds is 5. The number of hydrogen-bond acceptors (Lipinski definition) is 3. The smallest absolute Gasteiger partial charge is 0.240 e. The van der Waals surface area contributed by atoms with Gasteiger partial charge in [0.05, 0.1) is 4.90 Å². The second-order valence-corrected chi connectivity index (χ2v) is 7.14. The van der Waals surface area contributed by atoms with Crippen LogP contribution in [0.3, 0.4) is 0 Å². The van der Waals surface area contributed by atoms with E-state index in [0.717, 1.165) is 24.9 Å². The second kappa shape index (κ2) is 6.58. The maximum absolute atomic E-state index is 12.2. The van der Waals surface area contributed by atoms with Crippen LogP contribution in [-0.2, 0) is 14.8 Å². The van der Waals surface area contributed by atoms with Crippen LogP contribution in [0.25, 0.3) is 0 Å². The average Bonchev–Trinajstić information content (AvgIpc) is 2.47. The predicted octanol–water partition coefficient (Wildman–Crippen LogP) is 2.28. The van der Waals surface area contributed by atoms with Crippen LogP contribution in [0.4, 0.5) is 5.69 Å². The molecule has 1 atom stereocenters. The predicted molar refractivity (Wildman–Crippen MR) is 82.7 cm³/mol. The molecule has 0 radical (unpaired) electrons. The highest BCUT2D eigenvalue weighted by atomic mass is 32.2. The minimum atomic E-state index is -3.49. The third kappa shape index (κ3) is 3.83. The van der Waals surface area contributed by atoms with Gasteiger partial charge >= 0.3 is 0 Å². The van der Waals surface area contributed by atoms with Crippen molar-refractivity contribution in [3.63, 3.8) is 0 Å². The van der Waals surface area contributed by atoms with Gasteiger partial charge < -0.3 is 4.90 Å². The van der Waals surface area contributed by atoms with Crippen molar-refractivity contribution in [2.45, 2.75) is 50.5 Å². The van der Waals surface area contributed by atoms with E-state index in [4.69, 9.17) is 0 Å². The zero-order chi connectivity index (χ0) is 15.5. The van der Waals surface area contributed by atoms with Gasteiger partial charge in [0.2, 0.25) is 15.9 Å². The monoisotopic (exact) mass is 310 g/mol. The number of carbonyl (C=O) groups excluding carboxylic acids is 1. The summed E-state index contributed by atoms with van der Waals surface area (Å²) >= 11 is 0. The molecule has 2 rings (SSSR count). The van der Waals surface area contributed by atoms with Crippen molar-refractivity contribution in [1.29, 1.82) is 0 Å². The first kappa shape index (κ1) is 16.0. The summed E-state index contributed by atoms with van der Waals surface area (Å²) in [7, 11) is -3.49. The van der Waals surface area contributed by atoms with Crippen molar-refractivity contribution in [3.05, 3.63) is 24.3 Å². The van der Waals surface area contributed by atoms with E-state index in [1.807, 2.05) is 13.8 Å². The third-order valence-electron chi connectivity index (χ3n) is 3.75. The molecule has 1 fully saturated rings. The van der Waals surface area contributed by atoms with Crippen molar-refractivity contribution in [2.75, 3.05) is 11.4 Å². The molecule has 1 amide bonds. The largest absolute Gasteiger partial charge is 0.312 e. The van der Waals surface area contributed by atoms with E-state index >= 15 is 0 Å². The molecule has 1 saturated heterocycles. The van der Waals surface area contributed by atoms with Gasteiger partial charge in [0.25, 0.3) is 0 Å². The maximum atomic E-state index is 12.2. The van der Waals surface area contributed by atoms with Crippen LogP contribution < -0.4 is 9.62 Å². The van der Waals surface area contributed by atoms with Gasteiger partial charge in [-0.3, -0.25) is 4.79 Å². The number of nitrogens with one attached hydrogen (secondary N) is 1. The Morgan fingerprint density at radius 1 is 1.24 bits per heavy atom. The number of carbonyl (C=O) groups is 1. The lowest BCUT2D eigenvalue weighted by Gasteiger charge is -2.26. The molecule has 0 saturated carbocycles. The molecule has 1 aliphatic rings. The standard InChI is InChI=1S/C15H22N2O3S/c1-3-12(2)16-21(19,20)14-9-7-13(8-10-14)17-11-5-4-6-15(17)18/h7-10,12,16H,3-6,11H2,1-2H3. The van der Waals surface area contributed by atoms with Gasteiger partial charge in [-0.15, -0.1) is 0 Å². The first-order chi connectivity index (χ1) is 9.94. The first-order valence-electron chi connectivity index (χ1n) is 7.37. The van der Waals surface area contributed by atoms with E-state index in [1.165, 1.54) is 0 Å². The molecule has 1 N–H and O–H groups in total. The highest BCUT2D eigenvalue weighted by Crippen LogP contribution is 2.22. The summed E-state index contributed by atoms with van der Waals surface area (Å²) in [5, 5.41) is 0. The molecular formula is C15H22N2O3S. The normalized spacial score (nSPS) is 17.8. The quantitative estimate of drug-likeness (QED) is 0.907. The third-order valence-corrected chi connectivity index (χ3v) is 5.36. The second-order valence-electron chi connectivity index (χ2n) is 5.43. The SMILES string of the molecule is CCC(C)NS(=O)(=O)c1ccc(N2CCCCC2=O)cc1. The summed E-state index contributed by atoms with van der Waals surface area (Å²) in [6.45, 7) is 4.46. The van der Waals surface area contributed by atoms with Crippen molar-refractivity contribution in [3.8, 4) is 0 Å². The fraction of sp³-hybridized carbons (Fsp3) is 0.533. The summed E-state index contributed by atoms with van der Waals surface area (Å²) in [6.07, 6.45) is 3.22. The summed E-state index contributed by atoms with van der Waals surface area (Å²) in [5.74, 6) is 0.106. The fourth-order valence-corrected chi connectivity index (χ4v) is 3.63. The summed E-state index contributed by atoms with van der Waals surface area (Å²) in [6, 6.07) is 6.42. The lowest BCUT2D eigenvalue weighted by molar-refractivity contribution is -0.119.